The Kier molecular flexibility index (Phi) is 3.10. The Balaban J connectivity index is 2.12. The van der Waals surface area contributed by atoms with Crippen molar-refractivity contribution < 1.29 is 4.79 Å². The maximum absolute atomic E-state index is 12.5. The van der Waals surface area contributed by atoms with Crippen molar-refractivity contribution in [3.05, 3.63) is 71.9 Å². The second-order valence-corrected chi connectivity index (χ2v) is 4.65. The Morgan fingerprint density at radius 3 is 2.58 bits per heavy atom. The van der Waals surface area contributed by atoms with Crippen LogP contribution in [0.25, 0.3) is 10.9 Å². The van der Waals surface area contributed by atoms with Crippen molar-refractivity contribution in [2.24, 2.45) is 0 Å². The van der Waals surface area contributed by atoms with E-state index in [4.69, 9.17) is 11.6 Å². The molecule has 0 atom stereocenters. The standard InChI is InChI=1S/C16H12ClNO/c17-11-12-6-7-13-8-9-18(15(13)10-12)16(19)14-4-2-1-3-5-14/h1-10H,11H2. The van der Waals surface area contributed by atoms with Gasteiger partial charge in [-0.05, 0) is 29.8 Å². The number of nitrogens with zero attached hydrogens (tertiary/aromatic N) is 1. The van der Waals surface area contributed by atoms with E-state index in [9.17, 15) is 4.79 Å². The summed E-state index contributed by atoms with van der Waals surface area (Å²) in [6, 6.07) is 17.1. The van der Waals surface area contributed by atoms with Crippen LogP contribution in [0.1, 0.15) is 15.9 Å². The predicted octanol–water partition coefficient (Wildman–Crippen LogP) is 4.07. The first-order valence-electron chi connectivity index (χ1n) is 6.05. The van der Waals surface area contributed by atoms with E-state index in [1.807, 2.05) is 54.6 Å². The van der Waals surface area contributed by atoms with Crippen LogP contribution in [0.3, 0.4) is 0 Å². The molecule has 19 heavy (non-hydrogen) atoms. The van der Waals surface area contributed by atoms with Crippen LogP contribution in [-0.2, 0) is 5.88 Å². The average Bonchev–Trinajstić information content (AvgIpc) is 2.90. The molecule has 0 saturated heterocycles. The number of carbonyl (C=O) groups excluding carboxylic acids is 1. The summed E-state index contributed by atoms with van der Waals surface area (Å²) in [7, 11) is 0. The molecule has 0 saturated carbocycles. The summed E-state index contributed by atoms with van der Waals surface area (Å²) in [5.41, 5.74) is 2.58. The molecule has 2 aromatic carbocycles. The molecule has 3 aromatic rings. The van der Waals surface area contributed by atoms with E-state index in [1.54, 1.807) is 10.8 Å². The van der Waals surface area contributed by atoms with Gasteiger partial charge in [-0.1, -0.05) is 30.3 Å². The number of hydrogen-bond donors (Lipinski definition) is 0. The smallest absolute Gasteiger partial charge is 0.262 e. The lowest BCUT2D eigenvalue weighted by Gasteiger charge is -2.05. The van der Waals surface area contributed by atoms with Gasteiger partial charge in [-0.25, -0.2) is 0 Å². The van der Waals surface area contributed by atoms with Gasteiger partial charge in [0.15, 0.2) is 0 Å². The van der Waals surface area contributed by atoms with Gasteiger partial charge in [0, 0.05) is 23.0 Å². The third-order valence-electron chi connectivity index (χ3n) is 3.15. The highest BCUT2D eigenvalue weighted by Gasteiger charge is 2.11. The summed E-state index contributed by atoms with van der Waals surface area (Å²) in [4.78, 5) is 12.5. The summed E-state index contributed by atoms with van der Waals surface area (Å²) in [6.07, 6.45) is 1.80. The van der Waals surface area contributed by atoms with E-state index in [0.717, 1.165) is 16.5 Å². The van der Waals surface area contributed by atoms with Crippen molar-refractivity contribution in [1.29, 1.82) is 0 Å². The van der Waals surface area contributed by atoms with Crippen molar-refractivity contribution >= 4 is 28.4 Å². The van der Waals surface area contributed by atoms with Crippen molar-refractivity contribution in [3.63, 3.8) is 0 Å². The molecule has 0 unspecified atom stereocenters. The Morgan fingerprint density at radius 2 is 1.84 bits per heavy atom. The summed E-state index contributed by atoms with van der Waals surface area (Å²) in [5.74, 6) is 0.419. The number of halogens is 1. The first kappa shape index (κ1) is 12.0. The molecule has 0 aliphatic heterocycles. The number of aromatic nitrogens is 1. The highest BCUT2D eigenvalue weighted by atomic mass is 35.5. The lowest BCUT2D eigenvalue weighted by Crippen LogP contribution is -2.10. The lowest BCUT2D eigenvalue weighted by atomic mass is 10.2. The number of fused-ring (bicyclic) bond motifs is 1. The van der Waals surface area contributed by atoms with Crippen LogP contribution in [-0.4, -0.2) is 10.5 Å². The minimum atomic E-state index is -0.0256. The zero-order valence-electron chi connectivity index (χ0n) is 10.2. The van der Waals surface area contributed by atoms with E-state index < -0.39 is 0 Å². The SMILES string of the molecule is O=C(c1ccccc1)n1ccc2ccc(CCl)cc21. The Bertz CT molecular complexity index is 731. The molecule has 3 heteroatoms. The topological polar surface area (TPSA) is 22.0 Å². The van der Waals surface area contributed by atoms with Gasteiger partial charge in [0.25, 0.3) is 5.91 Å². The first-order valence-corrected chi connectivity index (χ1v) is 6.59. The number of benzene rings is 2. The van der Waals surface area contributed by atoms with E-state index in [-0.39, 0.29) is 5.91 Å². The molecule has 0 N–H and O–H groups in total. The van der Waals surface area contributed by atoms with Crippen molar-refractivity contribution in [3.8, 4) is 0 Å². The zero-order valence-corrected chi connectivity index (χ0v) is 11.0. The quantitative estimate of drug-likeness (QED) is 0.643. The number of rotatable bonds is 2. The molecule has 0 amide bonds. The van der Waals surface area contributed by atoms with Gasteiger partial charge < -0.3 is 0 Å². The third-order valence-corrected chi connectivity index (χ3v) is 3.46. The second kappa shape index (κ2) is 4.90. The van der Waals surface area contributed by atoms with E-state index in [1.165, 1.54) is 0 Å². The van der Waals surface area contributed by atoms with Gasteiger partial charge in [-0.2, -0.15) is 0 Å². The molecule has 0 aliphatic carbocycles. The minimum absolute atomic E-state index is 0.0256. The van der Waals surface area contributed by atoms with E-state index >= 15 is 0 Å². The Hall–Kier alpha value is -2.06. The fourth-order valence-electron chi connectivity index (χ4n) is 2.15. The maximum atomic E-state index is 12.5. The van der Waals surface area contributed by atoms with Crippen molar-refractivity contribution in [2.45, 2.75) is 5.88 Å². The minimum Gasteiger partial charge on any atom is -0.283 e. The van der Waals surface area contributed by atoms with Crippen LogP contribution < -0.4 is 0 Å². The van der Waals surface area contributed by atoms with Crippen molar-refractivity contribution in [1.82, 2.24) is 4.57 Å². The molecular formula is C16H12ClNO. The summed E-state index contributed by atoms with van der Waals surface area (Å²) in [6.45, 7) is 0. The van der Waals surface area contributed by atoms with Crippen LogP contribution in [0.15, 0.2) is 60.8 Å². The lowest BCUT2D eigenvalue weighted by molar-refractivity contribution is 0.0965. The van der Waals surface area contributed by atoms with Crippen LogP contribution in [0.4, 0.5) is 0 Å². The second-order valence-electron chi connectivity index (χ2n) is 4.38. The van der Waals surface area contributed by atoms with E-state index in [2.05, 4.69) is 0 Å². The van der Waals surface area contributed by atoms with Gasteiger partial charge in [0.05, 0.1) is 5.52 Å². The van der Waals surface area contributed by atoms with Gasteiger partial charge in [0.2, 0.25) is 0 Å². The van der Waals surface area contributed by atoms with Crippen molar-refractivity contribution in [2.75, 3.05) is 0 Å². The van der Waals surface area contributed by atoms with Gasteiger partial charge in [0.1, 0.15) is 0 Å². The molecule has 0 spiro atoms. The summed E-state index contributed by atoms with van der Waals surface area (Å²) < 4.78 is 1.67. The molecule has 3 rings (SSSR count). The van der Waals surface area contributed by atoms with Crippen LogP contribution in [0, 0.1) is 0 Å². The number of carbonyl (C=O) groups is 1. The molecular weight excluding hydrogens is 258 g/mol. The van der Waals surface area contributed by atoms with Crippen LogP contribution in [0.5, 0.6) is 0 Å². The normalized spacial score (nSPS) is 10.8. The Morgan fingerprint density at radius 1 is 1.05 bits per heavy atom. The molecule has 0 radical (unpaired) electrons. The summed E-state index contributed by atoms with van der Waals surface area (Å²) in [5, 5.41) is 1.04. The molecule has 0 aliphatic rings. The zero-order chi connectivity index (χ0) is 13.2. The molecule has 1 heterocycles. The largest absolute Gasteiger partial charge is 0.283 e. The summed E-state index contributed by atoms with van der Waals surface area (Å²) >= 11 is 5.85. The molecule has 0 bridgehead atoms. The number of hydrogen-bond acceptors (Lipinski definition) is 1. The third kappa shape index (κ3) is 2.15. The fraction of sp³-hybridized carbons (Fsp3) is 0.0625. The van der Waals surface area contributed by atoms with Gasteiger partial charge in [-0.15, -0.1) is 11.6 Å². The molecule has 0 fully saturated rings. The number of alkyl halides is 1. The first-order chi connectivity index (χ1) is 9.29. The molecule has 1 aromatic heterocycles. The fourth-order valence-corrected chi connectivity index (χ4v) is 2.32. The average molecular weight is 270 g/mol. The predicted molar refractivity (Wildman–Crippen MR) is 77.7 cm³/mol. The highest BCUT2D eigenvalue weighted by Crippen LogP contribution is 2.20. The monoisotopic (exact) mass is 269 g/mol. The molecule has 2 nitrogen and oxygen atoms in total. The molecule has 94 valence electrons. The van der Waals surface area contributed by atoms with E-state index in [0.29, 0.717) is 11.4 Å². The highest BCUT2D eigenvalue weighted by molar-refractivity contribution is 6.17. The Labute approximate surface area is 116 Å². The van der Waals surface area contributed by atoms with Crippen LogP contribution >= 0.6 is 11.6 Å². The van der Waals surface area contributed by atoms with Gasteiger partial charge >= 0.3 is 0 Å². The maximum Gasteiger partial charge on any atom is 0.262 e. The van der Waals surface area contributed by atoms with Gasteiger partial charge in [-0.3, -0.25) is 9.36 Å². The van der Waals surface area contributed by atoms with Crippen LogP contribution in [0.2, 0.25) is 0 Å².